The zero-order valence-corrected chi connectivity index (χ0v) is 12.8. The highest BCUT2D eigenvalue weighted by Gasteiger charge is 2.24. The number of fused-ring (bicyclic) bond motifs is 1. The first-order valence-corrected chi connectivity index (χ1v) is 7.66. The molecule has 0 aliphatic rings. The van der Waals surface area contributed by atoms with Gasteiger partial charge in [-0.1, -0.05) is 31.5 Å². The van der Waals surface area contributed by atoms with Gasteiger partial charge in [-0.25, -0.2) is 9.97 Å². The van der Waals surface area contributed by atoms with Crippen LogP contribution in [0.2, 0.25) is 5.02 Å². The van der Waals surface area contributed by atoms with Gasteiger partial charge in [-0.2, -0.15) is 0 Å². The molecule has 3 aromatic rings. The van der Waals surface area contributed by atoms with Crippen molar-refractivity contribution in [3.63, 3.8) is 0 Å². The highest BCUT2D eigenvalue weighted by atomic mass is 35.5. The maximum atomic E-state index is 6.12. The number of nitrogens with two attached hydrogens (primary N) is 1. The van der Waals surface area contributed by atoms with Crippen LogP contribution < -0.4 is 5.73 Å². The Morgan fingerprint density at radius 2 is 2.20 bits per heavy atom. The first kappa shape index (κ1) is 13.4. The molecule has 6 heteroatoms. The van der Waals surface area contributed by atoms with E-state index in [2.05, 4.69) is 41.3 Å². The van der Waals surface area contributed by atoms with Crippen molar-refractivity contribution in [2.24, 2.45) is 5.92 Å². The maximum Gasteiger partial charge on any atom is 0.203 e. The monoisotopic (exact) mass is 306 g/mol. The molecular weight excluding hydrogens is 292 g/mol. The van der Waals surface area contributed by atoms with Gasteiger partial charge in [0, 0.05) is 11.1 Å². The zero-order valence-electron chi connectivity index (χ0n) is 11.2. The zero-order chi connectivity index (χ0) is 14.3. The van der Waals surface area contributed by atoms with Crippen LogP contribution in [0.4, 0.5) is 5.95 Å². The Labute approximate surface area is 126 Å². The summed E-state index contributed by atoms with van der Waals surface area (Å²) in [7, 11) is 0. The van der Waals surface area contributed by atoms with E-state index in [0.717, 1.165) is 11.2 Å². The number of nitrogen functional groups attached to an aromatic ring is 1. The molecule has 0 saturated heterocycles. The van der Waals surface area contributed by atoms with Crippen molar-refractivity contribution in [2.75, 3.05) is 5.73 Å². The lowest BCUT2D eigenvalue weighted by Crippen LogP contribution is -2.18. The lowest BCUT2D eigenvalue weighted by atomic mass is 10.0. The lowest BCUT2D eigenvalue weighted by molar-refractivity contribution is 0.455. The molecule has 4 nitrogen and oxygen atoms in total. The van der Waals surface area contributed by atoms with Crippen LogP contribution in [0, 0.1) is 5.92 Å². The van der Waals surface area contributed by atoms with Crippen LogP contribution in [0.3, 0.4) is 0 Å². The summed E-state index contributed by atoms with van der Waals surface area (Å²) in [6.45, 7) is 4.34. The van der Waals surface area contributed by atoms with E-state index in [1.54, 1.807) is 23.6 Å². The second kappa shape index (κ2) is 5.07. The summed E-state index contributed by atoms with van der Waals surface area (Å²) >= 11 is 7.69. The number of anilines is 1. The molecule has 0 amide bonds. The van der Waals surface area contributed by atoms with Gasteiger partial charge in [0.05, 0.1) is 11.1 Å². The average molecular weight is 307 g/mol. The predicted molar refractivity (Wildman–Crippen MR) is 84.2 cm³/mol. The fourth-order valence-corrected chi connectivity index (χ4v) is 3.60. The van der Waals surface area contributed by atoms with E-state index in [9.17, 15) is 0 Å². The minimum Gasteiger partial charge on any atom is -0.369 e. The summed E-state index contributed by atoms with van der Waals surface area (Å²) in [6, 6.07) is 6.10. The second-order valence-electron chi connectivity index (χ2n) is 5.04. The number of hydrogen-bond acceptors (Lipinski definition) is 4. The minimum atomic E-state index is 0.133. The van der Waals surface area contributed by atoms with Gasteiger partial charge < -0.3 is 5.73 Å². The molecule has 104 valence electrons. The first-order valence-electron chi connectivity index (χ1n) is 6.40. The Hall–Kier alpha value is -1.59. The fraction of sp³-hybridized carbons (Fsp3) is 0.286. The molecule has 0 aliphatic carbocycles. The number of thiophene rings is 1. The summed E-state index contributed by atoms with van der Waals surface area (Å²) in [6.07, 6.45) is 1.63. The second-order valence-corrected chi connectivity index (χ2v) is 6.46. The Morgan fingerprint density at radius 1 is 1.40 bits per heavy atom. The smallest absolute Gasteiger partial charge is 0.203 e. The van der Waals surface area contributed by atoms with Gasteiger partial charge in [0.15, 0.2) is 5.65 Å². The lowest BCUT2D eigenvalue weighted by Gasteiger charge is -2.22. The number of pyridine rings is 1. The van der Waals surface area contributed by atoms with Gasteiger partial charge in [0.1, 0.15) is 5.52 Å². The van der Waals surface area contributed by atoms with Crippen LogP contribution in [0.15, 0.2) is 29.8 Å². The molecule has 2 N–H and O–H groups in total. The minimum absolute atomic E-state index is 0.133. The first-order chi connectivity index (χ1) is 9.58. The van der Waals surface area contributed by atoms with Crippen molar-refractivity contribution in [1.82, 2.24) is 14.5 Å². The fourth-order valence-electron chi connectivity index (χ4n) is 2.46. The third kappa shape index (κ3) is 2.17. The third-order valence-electron chi connectivity index (χ3n) is 3.27. The molecule has 0 bridgehead atoms. The van der Waals surface area contributed by atoms with Crippen molar-refractivity contribution >= 4 is 40.0 Å². The van der Waals surface area contributed by atoms with Crippen LogP contribution in [-0.4, -0.2) is 14.5 Å². The summed E-state index contributed by atoms with van der Waals surface area (Å²) in [5.74, 6) is 0.854. The standard InChI is InChI=1S/C14H15ClN4S/c1-8(2)12(11-4-3-5-20-11)19-13-10(18-14(19)16)6-9(15)7-17-13/h3-8,12H,1-2H3,(H2,16,18). The molecular formula is C14H15ClN4S. The van der Waals surface area contributed by atoms with Gasteiger partial charge in [-0.05, 0) is 23.4 Å². The molecule has 1 atom stereocenters. The van der Waals surface area contributed by atoms with E-state index in [4.69, 9.17) is 17.3 Å². The molecule has 3 heterocycles. The van der Waals surface area contributed by atoms with Gasteiger partial charge in [-0.3, -0.25) is 4.57 Å². The van der Waals surface area contributed by atoms with Crippen molar-refractivity contribution in [3.05, 3.63) is 39.7 Å². The van der Waals surface area contributed by atoms with Gasteiger partial charge in [0.25, 0.3) is 0 Å². The SMILES string of the molecule is CC(C)C(c1cccs1)n1c(N)nc2cc(Cl)cnc21. The van der Waals surface area contributed by atoms with E-state index in [0.29, 0.717) is 16.9 Å². The van der Waals surface area contributed by atoms with E-state index >= 15 is 0 Å². The normalized spacial score (nSPS) is 13.2. The highest BCUT2D eigenvalue weighted by Crippen LogP contribution is 2.34. The molecule has 0 saturated carbocycles. The highest BCUT2D eigenvalue weighted by molar-refractivity contribution is 7.10. The molecule has 3 rings (SSSR count). The molecule has 20 heavy (non-hydrogen) atoms. The molecule has 0 radical (unpaired) electrons. The van der Waals surface area contributed by atoms with E-state index in [1.807, 2.05) is 4.57 Å². The molecule has 0 fully saturated rings. The van der Waals surface area contributed by atoms with Crippen LogP contribution in [0.1, 0.15) is 24.8 Å². The number of aromatic nitrogens is 3. The van der Waals surface area contributed by atoms with Gasteiger partial charge >= 0.3 is 0 Å². The van der Waals surface area contributed by atoms with E-state index < -0.39 is 0 Å². The maximum absolute atomic E-state index is 6.12. The summed E-state index contributed by atoms with van der Waals surface area (Å²) < 4.78 is 2.00. The molecule has 0 aliphatic heterocycles. The van der Waals surface area contributed by atoms with Crippen LogP contribution >= 0.6 is 22.9 Å². The quantitative estimate of drug-likeness (QED) is 0.796. The van der Waals surface area contributed by atoms with Crippen molar-refractivity contribution < 1.29 is 0 Å². The van der Waals surface area contributed by atoms with E-state index in [1.165, 1.54) is 4.88 Å². The molecule has 3 aromatic heterocycles. The van der Waals surface area contributed by atoms with Gasteiger partial charge in [-0.15, -0.1) is 11.3 Å². The number of imidazole rings is 1. The van der Waals surface area contributed by atoms with Crippen LogP contribution in [0.25, 0.3) is 11.2 Å². The predicted octanol–water partition coefficient (Wildman–Crippen LogP) is 3.97. The number of halogens is 1. The molecule has 0 aromatic carbocycles. The number of hydrogen-bond donors (Lipinski definition) is 1. The topological polar surface area (TPSA) is 56.7 Å². The largest absolute Gasteiger partial charge is 0.369 e. The molecule has 1 unspecified atom stereocenters. The summed E-state index contributed by atoms with van der Waals surface area (Å²) in [5.41, 5.74) is 7.63. The Balaban J connectivity index is 2.23. The average Bonchev–Trinajstić information content (AvgIpc) is 2.98. The summed E-state index contributed by atoms with van der Waals surface area (Å²) in [4.78, 5) is 10.0. The number of nitrogens with zero attached hydrogens (tertiary/aromatic N) is 3. The summed E-state index contributed by atoms with van der Waals surface area (Å²) in [5, 5.41) is 2.64. The van der Waals surface area contributed by atoms with E-state index in [-0.39, 0.29) is 6.04 Å². The van der Waals surface area contributed by atoms with Crippen molar-refractivity contribution in [2.45, 2.75) is 19.9 Å². The Kier molecular flexibility index (Phi) is 3.40. The van der Waals surface area contributed by atoms with Gasteiger partial charge in [0.2, 0.25) is 5.95 Å². The third-order valence-corrected chi connectivity index (χ3v) is 4.42. The Bertz CT molecular complexity index is 733. The van der Waals surface area contributed by atoms with Crippen molar-refractivity contribution in [1.29, 1.82) is 0 Å². The van der Waals surface area contributed by atoms with Crippen LogP contribution in [0.5, 0.6) is 0 Å². The molecule has 0 spiro atoms. The Morgan fingerprint density at radius 3 is 2.85 bits per heavy atom. The van der Waals surface area contributed by atoms with Crippen molar-refractivity contribution in [3.8, 4) is 0 Å². The number of rotatable bonds is 3. The van der Waals surface area contributed by atoms with Crippen LogP contribution in [-0.2, 0) is 0 Å².